The van der Waals surface area contributed by atoms with Crippen molar-refractivity contribution in [3.05, 3.63) is 39.7 Å². The van der Waals surface area contributed by atoms with Gasteiger partial charge in [0.15, 0.2) is 6.61 Å². The van der Waals surface area contributed by atoms with Gasteiger partial charge in [0.1, 0.15) is 17.4 Å². The average Bonchev–Trinajstić information content (AvgIpc) is 3.26. The molecule has 1 aliphatic rings. The van der Waals surface area contributed by atoms with Crippen molar-refractivity contribution in [1.29, 1.82) is 0 Å². The van der Waals surface area contributed by atoms with Crippen LogP contribution in [0, 0.1) is 0 Å². The molecule has 0 aliphatic heterocycles. The molecule has 1 aromatic carbocycles. The number of carboxylic acid groups (broad SMARTS) is 1. The second-order valence-corrected chi connectivity index (χ2v) is 8.47. The van der Waals surface area contributed by atoms with Gasteiger partial charge in [0, 0.05) is 30.0 Å². The van der Waals surface area contributed by atoms with Gasteiger partial charge in [-0.15, -0.1) is 0 Å². The Hall–Kier alpha value is -3.01. The summed E-state index contributed by atoms with van der Waals surface area (Å²) in [6.07, 6.45) is 4.66. The Morgan fingerprint density at radius 3 is 2.75 bits per heavy atom. The van der Waals surface area contributed by atoms with E-state index in [1.54, 1.807) is 12.1 Å². The van der Waals surface area contributed by atoms with Gasteiger partial charge < -0.3 is 24.9 Å². The highest BCUT2D eigenvalue weighted by molar-refractivity contribution is 7.98. The van der Waals surface area contributed by atoms with Gasteiger partial charge >= 0.3 is 11.6 Å². The lowest BCUT2D eigenvalue weighted by Gasteiger charge is -2.14. The van der Waals surface area contributed by atoms with Gasteiger partial charge in [0.25, 0.3) is 5.91 Å². The third-order valence-electron chi connectivity index (χ3n) is 5.23. The van der Waals surface area contributed by atoms with Crippen LogP contribution >= 0.6 is 11.8 Å². The van der Waals surface area contributed by atoms with Crippen molar-refractivity contribution in [3.8, 4) is 5.75 Å². The number of amides is 2. The van der Waals surface area contributed by atoms with Crippen LogP contribution in [-0.2, 0) is 27.2 Å². The number of benzene rings is 1. The number of nitrogens with one attached hydrogen (secondary N) is 2. The second kappa shape index (κ2) is 11.0. The summed E-state index contributed by atoms with van der Waals surface area (Å²) in [5.41, 5.74) is 1.88. The molecule has 0 saturated heterocycles. The van der Waals surface area contributed by atoms with Gasteiger partial charge in [0.2, 0.25) is 5.91 Å². The SMILES string of the molecule is CSCC[C@H](NC(=O)CCNC(=O)COc1ccc2c3c(c(=O)oc2c1)CCC3)C(=O)O. The van der Waals surface area contributed by atoms with Crippen LogP contribution in [0.3, 0.4) is 0 Å². The minimum absolute atomic E-state index is 0.0406. The zero-order chi connectivity index (χ0) is 23.1. The number of carbonyl (C=O) groups is 3. The summed E-state index contributed by atoms with van der Waals surface area (Å²) in [4.78, 5) is 47.2. The molecule has 1 atom stereocenters. The minimum atomic E-state index is -1.08. The summed E-state index contributed by atoms with van der Waals surface area (Å²) in [6, 6.07) is 4.21. The fourth-order valence-corrected chi connectivity index (χ4v) is 4.10. The largest absolute Gasteiger partial charge is 0.484 e. The van der Waals surface area contributed by atoms with E-state index in [0.29, 0.717) is 23.5 Å². The van der Waals surface area contributed by atoms with Crippen molar-refractivity contribution in [2.45, 2.75) is 38.1 Å². The molecule has 0 saturated carbocycles. The summed E-state index contributed by atoms with van der Waals surface area (Å²) in [5.74, 6) is -0.945. The summed E-state index contributed by atoms with van der Waals surface area (Å²) >= 11 is 1.50. The lowest BCUT2D eigenvalue weighted by atomic mass is 10.1. The van der Waals surface area contributed by atoms with E-state index in [-0.39, 0.29) is 25.2 Å². The first-order chi connectivity index (χ1) is 15.4. The van der Waals surface area contributed by atoms with Crippen LogP contribution < -0.4 is 21.0 Å². The first kappa shape index (κ1) is 23.6. The highest BCUT2D eigenvalue weighted by Crippen LogP contribution is 2.29. The van der Waals surface area contributed by atoms with Crippen molar-refractivity contribution in [2.75, 3.05) is 25.2 Å². The van der Waals surface area contributed by atoms with E-state index in [1.807, 2.05) is 12.3 Å². The summed E-state index contributed by atoms with van der Waals surface area (Å²) in [5, 5.41) is 15.0. The van der Waals surface area contributed by atoms with E-state index in [9.17, 15) is 19.2 Å². The number of carboxylic acids is 1. The molecular formula is C22H26N2O7S. The predicted octanol–water partition coefficient (Wildman–Crippen LogP) is 1.49. The number of aliphatic carboxylic acids is 1. The van der Waals surface area contributed by atoms with Gasteiger partial charge in [0.05, 0.1) is 0 Å². The molecular weight excluding hydrogens is 436 g/mol. The molecule has 1 heterocycles. The van der Waals surface area contributed by atoms with Crippen molar-refractivity contribution < 1.29 is 28.6 Å². The quantitative estimate of drug-likeness (QED) is 0.428. The number of hydrogen-bond acceptors (Lipinski definition) is 7. The molecule has 32 heavy (non-hydrogen) atoms. The van der Waals surface area contributed by atoms with E-state index in [0.717, 1.165) is 35.8 Å². The molecule has 0 fully saturated rings. The molecule has 0 spiro atoms. The third-order valence-corrected chi connectivity index (χ3v) is 5.88. The van der Waals surface area contributed by atoms with Gasteiger partial charge in [-0.2, -0.15) is 11.8 Å². The number of carbonyl (C=O) groups excluding carboxylic acids is 2. The first-order valence-corrected chi connectivity index (χ1v) is 11.8. The zero-order valence-electron chi connectivity index (χ0n) is 17.8. The second-order valence-electron chi connectivity index (χ2n) is 7.49. The maximum absolute atomic E-state index is 12.1. The molecule has 10 heteroatoms. The van der Waals surface area contributed by atoms with Crippen LogP contribution in [0.15, 0.2) is 27.4 Å². The van der Waals surface area contributed by atoms with E-state index in [1.165, 1.54) is 11.8 Å². The molecule has 1 aromatic heterocycles. The Morgan fingerprint density at radius 2 is 2.00 bits per heavy atom. The smallest absolute Gasteiger partial charge is 0.339 e. The number of ether oxygens (including phenoxy) is 1. The molecule has 3 rings (SSSR count). The van der Waals surface area contributed by atoms with Crippen molar-refractivity contribution in [2.24, 2.45) is 0 Å². The lowest BCUT2D eigenvalue weighted by Crippen LogP contribution is -2.42. The van der Waals surface area contributed by atoms with Gasteiger partial charge in [-0.05, 0) is 55.4 Å². The topological polar surface area (TPSA) is 135 Å². The molecule has 0 radical (unpaired) electrons. The Labute approximate surface area is 188 Å². The normalized spacial score (nSPS) is 13.4. The fourth-order valence-electron chi connectivity index (χ4n) is 3.63. The summed E-state index contributed by atoms with van der Waals surface area (Å²) in [7, 11) is 0. The van der Waals surface area contributed by atoms with Crippen LogP contribution in [0.25, 0.3) is 11.0 Å². The molecule has 1 aliphatic carbocycles. The van der Waals surface area contributed by atoms with E-state index < -0.39 is 23.8 Å². The summed E-state index contributed by atoms with van der Waals surface area (Å²) < 4.78 is 10.9. The Kier molecular flexibility index (Phi) is 8.15. The molecule has 0 unspecified atom stereocenters. The molecule has 2 amide bonds. The third kappa shape index (κ3) is 6.03. The van der Waals surface area contributed by atoms with Crippen LogP contribution in [0.1, 0.15) is 30.4 Å². The minimum Gasteiger partial charge on any atom is -0.484 e. The Morgan fingerprint density at radius 1 is 1.22 bits per heavy atom. The van der Waals surface area contributed by atoms with Crippen LogP contribution in [-0.4, -0.2) is 54.1 Å². The standard InChI is InChI=1S/C22H26N2O7S/c1-32-10-8-17(21(27)28)24-19(25)7-9-23-20(26)12-30-13-5-6-15-14-3-2-4-16(14)22(29)31-18(15)11-13/h5-6,11,17H,2-4,7-10,12H2,1H3,(H,23,26)(H,24,25)(H,27,28)/t17-/m0/s1. The number of aryl methyl sites for hydroxylation is 1. The number of rotatable bonds is 11. The van der Waals surface area contributed by atoms with Gasteiger partial charge in [-0.3, -0.25) is 9.59 Å². The van der Waals surface area contributed by atoms with Crippen molar-refractivity contribution in [3.63, 3.8) is 0 Å². The molecule has 3 N–H and O–H groups in total. The van der Waals surface area contributed by atoms with Crippen LogP contribution in [0.5, 0.6) is 5.75 Å². The van der Waals surface area contributed by atoms with Crippen molar-refractivity contribution in [1.82, 2.24) is 10.6 Å². The Balaban J connectivity index is 1.45. The molecule has 172 valence electrons. The zero-order valence-corrected chi connectivity index (χ0v) is 18.6. The highest BCUT2D eigenvalue weighted by atomic mass is 32.2. The van der Waals surface area contributed by atoms with Crippen molar-refractivity contribution >= 4 is 40.5 Å². The van der Waals surface area contributed by atoms with E-state index in [2.05, 4.69) is 10.6 Å². The maximum Gasteiger partial charge on any atom is 0.339 e. The molecule has 2 aromatic rings. The molecule has 9 nitrogen and oxygen atoms in total. The lowest BCUT2D eigenvalue weighted by molar-refractivity contribution is -0.141. The monoisotopic (exact) mass is 462 g/mol. The van der Waals surface area contributed by atoms with E-state index in [4.69, 9.17) is 14.3 Å². The predicted molar refractivity (Wildman–Crippen MR) is 120 cm³/mol. The van der Waals surface area contributed by atoms with Crippen LogP contribution in [0.2, 0.25) is 0 Å². The van der Waals surface area contributed by atoms with Crippen LogP contribution in [0.4, 0.5) is 0 Å². The van der Waals surface area contributed by atoms with Gasteiger partial charge in [-0.25, -0.2) is 9.59 Å². The van der Waals surface area contributed by atoms with Gasteiger partial charge in [-0.1, -0.05) is 0 Å². The highest BCUT2D eigenvalue weighted by Gasteiger charge is 2.20. The number of thioether (sulfide) groups is 1. The number of hydrogen-bond donors (Lipinski definition) is 3. The van der Waals surface area contributed by atoms with E-state index >= 15 is 0 Å². The summed E-state index contributed by atoms with van der Waals surface area (Å²) in [6.45, 7) is -0.213. The number of fused-ring (bicyclic) bond motifs is 3. The maximum atomic E-state index is 12.1. The Bertz CT molecular complexity index is 1070. The average molecular weight is 463 g/mol. The molecule has 0 bridgehead atoms. The first-order valence-electron chi connectivity index (χ1n) is 10.4. The fraction of sp³-hybridized carbons (Fsp3) is 0.455.